The van der Waals surface area contributed by atoms with Gasteiger partial charge in [0, 0.05) is 19.3 Å². The Balaban J connectivity index is 2.25. The molecule has 2 aromatic carbocycles. The van der Waals surface area contributed by atoms with Gasteiger partial charge in [-0.2, -0.15) is 0 Å². The number of carbonyl (C=O) groups is 1. The molecule has 0 radical (unpaired) electrons. The first-order valence-electron chi connectivity index (χ1n) is 5.18. The summed E-state index contributed by atoms with van der Waals surface area (Å²) in [6, 6.07) is 8.70. The third-order valence-electron chi connectivity index (χ3n) is 2.30. The summed E-state index contributed by atoms with van der Waals surface area (Å²) in [6.07, 6.45) is 0. The Labute approximate surface area is 133 Å². The lowest BCUT2D eigenvalue weighted by molar-refractivity contribution is 0.102. The summed E-state index contributed by atoms with van der Waals surface area (Å²) in [5.41, 5.74) is 0.876. The minimum atomic E-state index is -0.383. The van der Waals surface area contributed by atoms with Crippen LogP contribution in [0.15, 0.2) is 36.4 Å². The highest BCUT2D eigenvalue weighted by molar-refractivity contribution is 14.1. The molecular weight excluding hydrogens is 403 g/mol. The first kappa shape index (κ1) is 14.6. The number of hydrogen-bond donors (Lipinski definition) is 1. The van der Waals surface area contributed by atoms with Crippen LogP contribution in [0.5, 0.6) is 0 Å². The van der Waals surface area contributed by atoms with Crippen LogP contribution >= 0.6 is 45.8 Å². The lowest BCUT2D eigenvalue weighted by Crippen LogP contribution is -2.13. The molecule has 0 saturated heterocycles. The van der Waals surface area contributed by atoms with E-state index in [1.54, 1.807) is 18.2 Å². The lowest BCUT2D eigenvalue weighted by Gasteiger charge is -2.08. The van der Waals surface area contributed by atoms with E-state index in [1.807, 2.05) is 22.6 Å². The molecule has 0 heterocycles. The van der Waals surface area contributed by atoms with E-state index in [9.17, 15) is 9.18 Å². The second kappa shape index (κ2) is 6.07. The maximum atomic E-state index is 13.0. The third-order valence-corrected chi connectivity index (χ3v) is 3.63. The molecule has 0 atom stereocenters. The monoisotopic (exact) mass is 409 g/mol. The van der Waals surface area contributed by atoms with E-state index in [0.717, 1.165) is 0 Å². The van der Waals surface area contributed by atoms with E-state index in [-0.39, 0.29) is 11.7 Å². The highest BCUT2D eigenvalue weighted by Gasteiger charge is 2.11. The predicted octanol–water partition coefficient (Wildman–Crippen LogP) is 4.99. The molecule has 0 saturated carbocycles. The Morgan fingerprint density at radius 1 is 1.11 bits per heavy atom. The summed E-state index contributed by atoms with van der Waals surface area (Å²) in [7, 11) is 0. The highest BCUT2D eigenvalue weighted by atomic mass is 127. The van der Waals surface area contributed by atoms with Gasteiger partial charge in [0.05, 0.1) is 5.56 Å². The van der Waals surface area contributed by atoms with E-state index in [2.05, 4.69) is 5.32 Å². The largest absolute Gasteiger partial charge is 0.322 e. The molecule has 98 valence electrons. The van der Waals surface area contributed by atoms with Gasteiger partial charge in [0.25, 0.3) is 5.91 Å². The van der Waals surface area contributed by atoms with Crippen LogP contribution in [-0.4, -0.2) is 5.91 Å². The highest BCUT2D eigenvalue weighted by Crippen LogP contribution is 2.23. The number of benzene rings is 2. The fourth-order valence-electron chi connectivity index (χ4n) is 1.50. The van der Waals surface area contributed by atoms with E-state index in [1.165, 1.54) is 18.2 Å². The number of carbonyl (C=O) groups excluding carboxylic acids is 1. The molecule has 1 N–H and O–H groups in total. The average Bonchev–Trinajstić information content (AvgIpc) is 2.26. The van der Waals surface area contributed by atoms with Crippen molar-refractivity contribution in [1.82, 2.24) is 0 Å². The van der Waals surface area contributed by atoms with Crippen molar-refractivity contribution < 1.29 is 9.18 Å². The van der Waals surface area contributed by atoms with Crippen molar-refractivity contribution in [3.63, 3.8) is 0 Å². The molecule has 0 aromatic heterocycles. The van der Waals surface area contributed by atoms with Gasteiger partial charge in [-0.05, 0) is 59.0 Å². The minimum Gasteiger partial charge on any atom is -0.322 e. The number of amides is 1. The fraction of sp³-hybridized carbons (Fsp3) is 0. The number of halogens is 4. The molecule has 6 heteroatoms. The van der Waals surface area contributed by atoms with Crippen molar-refractivity contribution in [2.75, 3.05) is 5.32 Å². The Kier molecular flexibility index (Phi) is 4.65. The van der Waals surface area contributed by atoms with Crippen molar-refractivity contribution >= 4 is 57.4 Å². The van der Waals surface area contributed by atoms with Gasteiger partial charge >= 0.3 is 0 Å². The Morgan fingerprint density at radius 3 is 2.32 bits per heavy atom. The Bertz CT molecular complexity index is 628. The molecule has 0 bridgehead atoms. The molecule has 1 amide bonds. The van der Waals surface area contributed by atoms with E-state index >= 15 is 0 Å². The number of rotatable bonds is 2. The molecule has 0 aliphatic carbocycles. The van der Waals surface area contributed by atoms with Crippen LogP contribution in [-0.2, 0) is 0 Å². The number of nitrogens with one attached hydrogen (secondary N) is 1. The standard InChI is InChI=1S/C13H7Cl2FINO/c14-7-3-8(15)5-10(4-7)18-13(19)11-2-1-9(16)6-12(11)17/h1-6H,(H,18,19). The summed E-state index contributed by atoms with van der Waals surface area (Å²) in [6.45, 7) is 0. The first-order valence-corrected chi connectivity index (χ1v) is 7.01. The van der Waals surface area contributed by atoms with Crippen LogP contribution < -0.4 is 5.32 Å². The van der Waals surface area contributed by atoms with E-state index in [0.29, 0.717) is 24.9 Å². The topological polar surface area (TPSA) is 29.1 Å². The second-order valence-corrected chi connectivity index (χ2v) is 5.77. The molecule has 2 nitrogen and oxygen atoms in total. The zero-order valence-electron chi connectivity index (χ0n) is 9.38. The molecular formula is C13H7Cl2FINO. The molecule has 0 fully saturated rings. The summed E-state index contributed by atoms with van der Waals surface area (Å²) in [5.74, 6) is -0.727. The Morgan fingerprint density at radius 2 is 1.74 bits per heavy atom. The summed E-state index contributed by atoms with van der Waals surface area (Å²) < 4.78 is 13.5. The molecule has 2 rings (SSSR count). The van der Waals surface area contributed by atoms with Crippen LogP contribution in [0, 0.1) is 9.39 Å². The molecule has 0 spiro atoms. The van der Waals surface area contributed by atoms with Gasteiger partial charge in [-0.3, -0.25) is 4.79 Å². The molecule has 0 aliphatic rings. The lowest BCUT2D eigenvalue weighted by atomic mass is 10.2. The van der Waals surface area contributed by atoms with Gasteiger partial charge < -0.3 is 5.32 Å². The molecule has 2 aromatic rings. The van der Waals surface area contributed by atoms with Gasteiger partial charge in [-0.15, -0.1) is 0 Å². The SMILES string of the molecule is O=C(Nc1cc(Cl)cc(Cl)c1)c1ccc(F)cc1I. The van der Waals surface area contributed by atoms with Crippen molar-refractivity contribution in [2.45, 2.75) is 0 Å². The van der Waals surface area contributed by atoms with Crippen LogP contribution in [0.2, 0.25) is 10.0 Å². The quantitative estimate of drug-likeness (QED) is 0.695. The maximum absolute atomic E-state index is 13.0. The van der Waals surface area contributed by atoms with Crippen molar-refractivity contribution in [3.8, 4) is 0 Å². The molecule has 0 aliphatic heterocycles. The van der Waals surface area contributed by atoms with Gasteiger partial charge in [-0.25, -0.2) is 4.39 Å². The van der Waals surface area contributed by atoms with Gasteiger partial charge in [0.2, 0.25) is 0 Å². The summed E-state index contributed by atoms with van der Waals surface area (Å²) in [4.78, 5) is 12.0. The van der Waals surface area contributed by atoms with Crippen LogP contribution in [0.25, 0.3) is 0 Å². The van der Waals surface area contributed by atoms with E-state index in [4.69, 9.17) is 23.2 Å². The average molecular weight is 410 g/mol. The summed E-state index contributed by atoms with van der Waals surface area (Å²) >= 11 is 13.6. The van der Waals surface area contributed by atoms with Crippen LogP contribution in [0.3, 0.4) is 0 Å². The van der Waals surface area contributed by atoms with Crippen molar-refractivity contribution in [3.05, 3.63) is 61.4 Å². The number of anilines is 1. The molecule has 0 unspecified atom stereocenters. The maximum Gasteiger partial charge on any atom is 0.256 e. The fourth-order valence-corrected chi connectivity index (χ4v) is 2.75. The van der Waals surface area contributed by atoms with Crippen LogP contribution in [0.1, 0.15) is 10.4 Å². The molecule has 19 heavy (non-hydrogen) atoms. The van der Waals surface area contributed by atoms with E-state index < -0.39 is 0 Å². The van der Waals surface area contributed by atoms with Gasteiger partial charge in [0.1, 0.15) is 5.82 Å². The van der Waals surface area contributed by atoms with Crippen molar-refractivity contribution in [1.29, 1.82) is 0 Å². The first-order chi connectivity index (χ1) is 8.95. The van der Waals surface area contributed by atoms with Crippen molar-refractivity contribution in [2.24, 2.45) is 0 Å². The van der Waals surface area contributed by atoms with Crippen LogP contribution in [0.4, 0.5) is 10.1 Å². The zero-order chi connectivity index (χ0) is 14.0. The third kappa shape index (κ3) is 3.81. The van der Waals surface area contributed by atoms with Gasteiger partial charge in [0.15, 0.2) is 0 Å². The predicted molar refractivity (Wildman–Crippen MR) is 83.5 cm³/mol. The Hall–Kier alpha value is -0.850. The summed E-state index contributed by atoms with van der Waals surface area (Å²) in [5, 5.41) is 3.52. The van der Waals surface area contributed by atoms with Gasteiger partial charge in [-0.1, -0.05) is 23.2 Å². The number of hydrogen-bond acceptors (Lipinski definition) is 1. The normalized spacial score (nSPS) is 10.3. The smallest absolute Gasteiger partial charge is 0.256 e. The second-order valence-electron chi connectivity index (χ2n) is 3.74. The zero-order valence-corrected chi connectivity index (χ0v) is 13.1. The minimum absolute atomic E-state index is 0.345.